The molecule has 0 fully saturated rings. The maximum Gasteiger partial charge on any atom is 0.259 e. The fourth-order valence-electron chi connectivity index (χ4n) is 1.04. The first-order chi connectivity index (χ1) is 5.65. The van der Waals surface area contributed by atoms with Gasteiger partial charge in [-0.25, -0.2) is 4.68 Å². The summed E-state index contributed by atoms with van der Waals surface area (Å²) < 4.78 is 1.34. The van der Waals surface area contributed by atoms with Crippen molar-refractivity contribution in [3.05, 3.63) is 17.5 Å². The van der Waals surface area contributed by atoms with E-state index in [0.29, 0.717) is 0 Å². The predicted molar refractivity (Wildman–Crippen MR) is 45.8 cm³/mol. The summed E-state index contributed by atoms with van der Waals surface area (Å²) in [6, 6.07) is 1.84. The van der Waals surface area contributed by atoms with E-state index in [1.54, 1.807) is 0 Å². The molecule has 1 rings (SSSR count). The topological polar surface area (TPSA) is 34.9 Å². The molecule has 0 unspecified atom stereocenters. The summed E-state index contributed by atoms with van der Waals surface area (Å²) in [4.78, 5) is 11.2. The molecule has 3 nitrogen and oxygen atoms in total. The molecule has 1 aromatic heterocycles. The molecule has 0 radical (unpaired) electrons. The van der Waals surface area contributed by atoms with Crippen molar-refractivity contribution in [2.75, 3.05) is 0 Å². The van der Waals surface area contributed by atoms with Crippen LogP contribution in [-0.2, 0) is 0 Å². The summed E-state index contributed by atoms with van der Waals surface area (Å²) in [5.74, 6) is 2.14. The Hall–Kier alpha value is -1.56. The quantitative estimate of drug-likeness (QED) is 0.581. The fourth-order valence-corrected chi connectivity index (χ4v) is 1.04. The van der Waals surface area contributed by atoms with Gasteiger partial charge in [0.15, 0.2) is 0 Å². The number of nitrogens with zero attached hydrogens (tertiary/aromatic N) is 2. The van der Waals surface area contributed by atoms with Crippen LogP contribution in [0.4, 0.5) is 0 Å². The predicted octanol–water partition coefficient (Wildman–Crippen LogP) is 1.16. The van der Waals surface area contributed by atoms with Crippen molar-refractivity contribution in [3.8, 4) is 12.3 Å². The number of terminal acetylenes is 1. The van der Waals surface area contributed by atoms with Crippen LogP contribution in [0.25, 0.3) is 0 Å². The molecule has 0 bridgehead atoms. The number of aromatic nitrogens is 2. The van der Waals surface area contributed by atoms with Gasteiger partial charge >= 0.3 is 0 Å². The van der Waals surface area contributed by atoms with Gasteiger partial charge < -0.3 is 0 Å². The van der Waals surface area contributed by atoms with E-state index in [9.17, 15) is 4.79 Å². The van der Waals surface area contributed by atoms with E-state index in [-0.39, 0.29) is 12.3 Å². The van der Waals surface area contributed by atoms with Crippen LogP contribution in [0.15, 0.2) is 6.07 Å². The lowest BCUT2D eigenvalue weighted by molar-refractivity contribution is 0.0901. The molecular weight excluding hydrogens is 152 g/mol. The summed E-state index contributed by atoms with van der Waals surface area (Å²) >= 11 is 0. The average Bonchev–Trinajstić information content (AvgIpc) is 2.30. The van der Waals surface area contributed by atoms with E-state index >= 15 is 0 Å². The molecule has 0 aromatic carbocycles. The van der Waals surface area contributed by atoms with Crippen molar-refractivity contribution >= 4 is 5.91 Å². The first-order valence-corrected chi connectivity index (χ1v) is 3.65. The van der Waals surface area contributed by atoms with E-state index in [0.717, 1.165) is 11.4 Å². The first kappa shape index (κ1) is 8.54. The minimum absolute atomic E-state index is 0.0992. The Bertz CT molecular complexity index is 344. The van der Waals surface area contributed by atoms with Crippen LogP contribution >= 0.6 is 0 Å². The molecule has 0 amide bonds. The van der Waals surface area contributed by atoms with Crippen molar-refractivity contribution in [2.24, 2.45) is 0 Å². The van der Waals surface area contributed by atoms with Gasteiger partial charge in [0.2, 0.25) is 0 Å². The first-order valence-electron chi connectivity index (χ1n) is 3.65. The fraction of sp³-hybridized carbons (Fsp3) is 0.333. The smallest absolute Gasteiger partial charge is 0.259 e. The molecule has 0 spiro atoms. The van der Waals surface area contributed by atoms with Crippen LogP contribution < -0.4 is 0 Å². The van der Waals surface area contributed by atoms with Gasteiger partial charge in [0.1, 0.15) is 0 Å². The third-order valence-electron chi connectivity index (χ3n) is 1.50. The number of rotatable bonds is 1. The van der Waals surface area contributed by atoms with Gasteiger partial charge in [-0.15, -0.1) is 6.42 Å². The molecule has 3 heteroatoms. The Labute approximate surface area is 71.4 Å². The van der Waals surface area contributed by atoms with Gasteiger partial charge in [-0.05, 0) is 19.9 Å². The Morgan fingerprint density at radius 1 is 1.75 bits per heavy atom. The maximum absolute atomic E-state index is 11.2. The molecule has 12 heavy (non-hydrogen) atoms. The summed E-state index contributed by atoms with van der Waals surface area (Å²) in [7, 11) is 0. The van der Waals surface area contributed by atoms with E-state index in [4.69, 9.17) is 6.42 Å². The molecule has 1 heterocycles. The van der Waals surface area contributed by atoms with Gasteiger partial charge in [-0.1, -0.05) is 5.92 Å². The largest absolute Gasteiger partial charge is 0.271 e. The number of carbonyl (C=O) groups excluding carboxylic acids is 1. The molecule has 0 atom stereocenters. The highest BCUT2D eigenvalue weighted by atomic mass is 16.2. The van der Waals surface area contributed by atoms with Crippen molar-refractivity contribution in [3.63, 3.8) is 0 Å². The van der Waals surface area contributed by atoms with E-state index < -0.39 is 0 Å². The molecular formula is C9H10N2O. The molecule has 0 aliphatic heterocycles. The van der Waals surface area contributed by atoms with Crippen molar-refractivity contribution < 1.29 is 4.79 Å². The summed E-state index contributed by atoms with van der Waals surface area (Å²) in [6.07, 6.45) is 5.11. The van der Waals surface area contributed by atoms with Gasteiger partial charge in [0.05, 0.1) is 12.1 Å². The highest BCUT2D eigenvalue weighted by molar-refractivity contribution is 5.80. The zero-order valence-electron chi connectivity index (χ0n) is 7.16. The number of aryl methyl sites for hydroxylation is 2. The molecule has 0 saturated carbocycles. The van der Waals surface area contributed by atoms with Gasteiger partial charge in [0, 0.05) is 5.69 Å². The second-order valence-electron chi connectivity index (χ2n) is 2.61. The van der Waals surface area contributed by atoms with Gasteiger partial charge in [-0.3, -0.25) is 4.79 Å². The summed E-state index contributed by atoms with van der Waals surface area (Å²) in [5.41, 5.74) is 1.66. The second kappa shape index (κ2) is 3.22. The lowest BCUT2D eigenvalue weighted by Crippen LogP contribution is -2.12. The normalized spacial score (nSPS) is 9.42. The highest BCUT2D eigenvalue weighted by Gasteiger charge is 2.07. The van der Waals surface area contributed by atoms with Crippen LogP contribution in [0.5, 0.6) is 0 Å². The molecule has 1 aromatic rings. The monoisotopic (exact) mass is 162 g/mol. The van der Waals surface area contributed by atoms with Crippen LogP contribution in [0.3, 0.4) is 0 Å². The number of hydrogen-bond donors (Lipinski definition) is 0. The molecule has 0 aliphatic rings. The Morgan fingerprint density at radius 2 is 2.42 bits per heavy atom. The van der Waals surface area contributed by atoms with Gasteiger partial charge in [0.25, 0.3) is 5.91 Å². The number of hydrogen-bond acceptors (Lipinski definition) is 2. The zero-order chi connectivity index (χ0) is 9.14. The van der Waals surface area contributed by atoms with Crippen molar-refractivity contribution in [1.82, 2.24) is 9.78 Å². The standard InChI is InChI=1S/C9H10N2O/c1-4-5-9(12)11-8(3)6-7(2)10-11/h1,6H,5H2,2-3H3. The van der Waals surface area contributed by atoms with Crippen molar-refractivity contribution in [2.45, 2.75) is 20.3 Å². The Balaban J connectivity index is 2.96. The van der Waals surface area contributed by atoms with E-state index in [1.807, 2.05) is 19.9 Å². The lowest BCUT2D eigenvalue weighted by Gasteiger charge is -1.97. The Morgan fingerprint density at radius 3 is 2.83 bits per heavy atom. The zero-order valence-corrected chi connectivity index (χ0v) is 7.16. The number of carbonyl (C=O) groups is 1. The lowest BCUT2D eigenvalue weighted by atomic mass is 10.4. The third-order valence-corrected chi connectivity index (χ3v) is 1.50. The third kappa shape index (κ3) is 1.54. The minimum Gasteiger partial charge on any atom is -0.271 e. The summed E-state index contributed by atoms with van der Waals surface area (Å²) in [5, 5.41) is 4.00. The van der Waals surface area contributed by atoms with E-state index in [1.165, 1.54) is 4.68 Å². The maximum atomic E-state index is 11.2. The minimum atomic E-state index is -0.150. The average molecular weight is 162 g/mol. The highest BCUT2D eigenvalue weighted by Crippen LogP contribution is 2.02. The van der Waals surface area contributed by atoms with E-state index in [2.05, 4.69) is 11.0 Å². The molecule has 0 aliphatic carbocycles. The molecule has 0 N–H and O–H groups in total. The SMILES string of the molecule is C#CCC(=O)n1nc(C)cc1C. The van der Waals surface area contributed by atoms with Crippen LogP contribution in [-0.4, -0.2) is 15.7 Å². The Kier molecular flexibility index (Phi) is 2.29. The second-order valence-corrected chi connectivity index (χ2v) is 2.61. The van der Waals surface area contributed by atoms with Crippen LogP contribution in [0.1, 0.15) is 22.6 Å². The van der Waals surface area contributed by atoms with Crippen LogP contribution in [0.2, 0.25) is 0 Å². The molecule has 62 valence electrons. The summed E-state index contributed by atoms with van der Waals surface area (Å²) in [6.45, 7) is 3.67. The van der Waals surface area contributed by atoms with Crippen molar-refractivity contribution in [1.29, 1.82) is 0 Å². The van der Waals surface area contributed by atoms with Crippen LogP contribution in [0, 0.1) is 26.2 Å². The molecule has 0 saturated heterocycles. The van der Waals surface area contributed by atoms with Gasteiger partial charge in [-0.2, -0.15) is 5.10 Å².